The molecule has 0 atom stereocenters. The zero-order valence-corrected chi connectivity index (χ0v) is 10.4. The molecule has 2 saturated carbocycles. The van der Waals surface area contributed by atoms with E-state index in [-0.39, 0.29) is 11.8 Å². The molecule has 3 rings (SSSR count). The Balaban J connectivity index is 1.59. The largest absolute Gasteiger partial charge is 0.307 e. The third kappa shape index (κ3) is 1.64. The lowest BCUT2D eigenvalue weighted by molar-refractivity contribution is -0.131. The van der Waals surface area contributed by atoms with E-state index in [1.807, 2.05) is 14.0 Å². The van der Waals surface area contributed by atoms with Crippen molar-refractivity contribution in [3.05, 3.63) is 5.69 Å². The molecule has 0 radical (unpaired) electrons. The number of aromatic nitrogens is 3. The number of anilines is 1. The number of hydrogen-bond donors (Lipinski definition) is 1. The zero-order chi connectivity index (χ0) is 12.0. The molecule has 5 heteroatoms. The number of hydrogen-bond acceptors (Lipinski definition) is 3. The summed E-state index contributed by atoms with van der Waals surface area (Å²) in [5.74, 6) is 0.912. The van der Waals surface area contributed by atoms with Gasteiger partial charge < -0.3 is 5.32 Å². The second-order valence-electron chi connectivity index (χ2n) is 5.60. The average Bonchev–Trinajstić information content (AvgIpc) is 2.45. The third-order valence-corrected chi connectivity index (χ3v) is 4.49. The Morgan fingerprint density at radius 1 is 1.47 bits per heavy atom. The van der Waals surface area contributed by atoms with Crippen LogP contribution in [-0.2, 0) is 11.8 Å². The highest BCUT2D eigenvalue weighted by molar-refractivity contribution is 5.92. The fraction of sp³-hybridized carbons (Fsp3) is 0.750. The second-order valence-corrected chi connectivity index (χ2v) is 5.60. The second kappa shape index (κ2) is 3.55. The van der Waals surface area contributed by atoms with Crippen LogP contribution in [0.3, 0.4) is 0 Å². The van der Waals surface area contributed by atoms with Crippen molar-refractivity contribution in [2.24, 2.45) is 18.4 Å². The molecule has 5 nitrogen and oxygen atoms in total. The highest BCUT2D eigenvalue weighted by atomic mass is 16.2. The molecular formula is C12H18N4O. The summed E-state index contributed by atoms with van der Waals surface area (Å²) in [7, 11) is 1.82. The Morgan fingerprint density at radius 3 is 2.65 bits per heavy atom. The SMILES string of the molecule is Cc1c(NC(=O)C2CC3(CCC3)C2)nnn1C. The van der Waals surface area contributed by atoms with Crippen LogP contribution >= 0.6 is 0 Å². The Bertz CT molecular complexity index is 453. The quantitative estimate of drug-likeness (QED) is 0.846. The van der Waals surface area contributed by atoms with E-state index in [9.17, 15) is 4.79 Å². The van der Waals surface area contributed by atoms with E-state index < -0.39 is 0 Å². The Morgan fingerprint density at radius 2 is 2.18 bits per heavy atom. The number of nitrogens with zero attached hydrogens (tertiary/aromatic N) is 3. The van der Waals surface area contributed by atoms with Crippen LogP contribution in [-0.4, -0.2) is 20.9 Å². The van der Waals surface area contributed by atoms with Crippen LogP contribution in [0.15, 0.2) is 0 Å². The van der Waals surface area contributed by atoms with Gasteiger partial charge >= 0.3 is 0 Å². The van der Waals surface area contributed by atoms with Crippen molar-refractivity contribution in [1.29, 1.82) is 0 Å². The van der Waals surface area contributed by atoms with E-state index in [4.69, 9.17) is 0 Å². The van der Waals surface area contributed by atoms with Gasteiger partial charge in [-0.25, -0.2) is 0 Å². The maximum Gasteiger partial charge on any atom is 0.228 e. The number of nitrogens with one attached hydrogen (secondary N) is 1. The normalized spacial score (nSPS) is 22.0. The van der Waals surface area contributed by atoms with E-state index in [0.717, 1.165) is 18.5 Å². The molecule has 0 saturated heterocycles. The molecule has 0 bridgehead atoms. The molecule has 17 heavy (non-hydrogen) atoms. The molecule has 0 unspecified atom stereocenters. The summed E-state index contributed by atoms with van der Waals surface area (Å²) < 4.78 is 1.67. The van der Waals surface area contributed by atoms with Crippen LogP contribution in [0.5, 0.6) is 0 Å². The summed E-state index contributed by atoms with van der Waals surface area (Å²) in [6, 6.07) is 0. The van der Waals surface area contributed by atoms with E-state index in [0.29, 0.717) is 11.2 Å². The van der Waals surface area contributed by atoms with Crippen molar-refractivity contribution in [2.45, 2.75) is 39.0 Å². The maximum absolute atomic E-state index is 12.0. The number of amides is 1. The number of rotatable bonds is 2. The minimum absolute atomic E-state index is 0.117. The lowest BCUT2D eigenvalue weighted by atomic mass is 9.51. The van der Waals surface area contributed by atoms with E-state index in [2.05, 4.69) is 15.6 Å². The standard InChI is InChI=1S/C12H18N4O/c1-8-10(14-15-16(8)2)13-11(17)9-6-12(7-9)4-3-5-12/h9H,3-7H2,1-2H3,(H,13,17). The predicted octanol–water partition coefficient (Wildman–Crippen LogP) is 1.64. The highest BCUT2D eigenvalue weighted by Crippen LogP contribution is 2.58. The highest BCUT2D eigenvalue weighted by Gasteiger charge is 2.50. The summed E-state index contributed by atoms with van der Waals surface area (Å²) >= 11 is 0. The van der Waals surface area contributed by atoms with Crippen LogP contribution in [0.1, 0.15) is 37.8 Å². The van der Waals surface area contributed by atoms with E-state index in [1.165, 1.54) is 19.3 Å². The van der Waals surface area contributed by atoms with Gasteiger partial charge in [-0.15, -0.1) is 5.10 Å². The van der Waals surface area contributed by atoms with Gasteiger partial charge in [-0.1, -0.05) is 11.6 Å². The lowest BCUT2D eigenvalue weighted by Gasteiger charge is -2.53. The first-order valence-electron chi connectivity index (χ1n) is 6.27. The summed E-state index contributed by atoms with van der Waals surface area (Å²) in [6.45, 7) is 1.91. The summed E-state index contributed by atoms with van der Waals surface area (Å²) in [5.41, 5.74) is 1.44. The molecule has 1 aromatic rings. The molecule has 2 aliphatic carbocycles. The zero-order valence-electron chi connectivity index (χ0n) is 10.4. The smallest absolute Gasteiger partial charge is 0.228 e. The fourth-order valence-corrected chi connectivity index (χ4v) is 2.99. The van der Waals surface area contributed by atoms with Gasteiger partial charge in [0.15, 0.2) is 5.82 Å². The van der Waals surface area contributed by atoms with Crippen molar-refractivity contribution >= 4 is 11.7 Å². The van der Waals surface area contributed by atoms with Gasteiger partial charge in [-0.05, 0) is 38.0 Å². The molecule has 0 aliphatic heterocycles. The van der Waals surface area contributed by atoms with Crippen LogP contribution in [0.2, 0.25) is 0 Å². The van der Waals surface area contributed by atoms with Crippen molar-refractivity contribution in [1.82, 2.24) is 15.0 Å². The third-order valence-electron chi connectivity index (χ3n) is 4.49. The first-order valence-corrected chi connectivity index (χ1v) is 6.27. The molecule has 1 amide bonds. The number of carbonyl (C=O) groups is 1. The molecule has 92 valence electrons. The van der Waals surface area contributed by atoms with Gasteiger partial charge in [0.25, 0.3) is 0 Å². The van der Waals surface area contributed by atoms with Gasteiger partial charge in [0.2, 0.25) is 5.91 Å². The summed E-state index contributed by atoms with van der Waals surface area (Å²) in [6.07, 6.45) is 6.12. The number of aryl methyl sites for hydroxylation is 1. The van der Waals surface area contributed by atoms with Crippen LogP contribution < -0.4 is 5.32 Å². The van der Waals surface area contributed by atoms with Gasteiger partial charge in [0.1, 0.15) is 0 Å². The Kier molecular flexibility index (Phi) is 2.24. The first-order chi connectivity index (χ1) is 8.10. The van der Waals surface area contributed by atoms with Gasteiger partial charge in [0.05, 0.1) is 5.69 Å². The lowest BCUT2D eigenvalue weighted by Crippen LogP contribution is -2.47. The van der Waals surface area contributed by atoms with Gasteiger partial charge in [-0.2, -0.15) is 0 Å². The maximum atomic E-state index is 12.0. The topological polar surface area (TPSA) is 59.8 Å². The Labute approximate surface area is 101 Å². The predicted molar refractivity (Wildman–Crippen MR) is 63.4 cm³/mol. The van der Waals surface area contributed by atoms with Crippen molar-refractivity contribution in [2.75, 3.05) is 5.32 Å². The number of carbonyl (C=O) groups excluding carboxylic acids is 1. The first kappa shape index (κ1) is 10.7. The van der Waals surface area contributed by atoms with Gasteiger partial charge in [-0.3, -0.25) is 9.48 Å². The average molecular weight is 234 g/mol. The van der Waals surface area contributed by atoms with Crippen molar-refractivity contribution < 1.29 is 4.79 Å². The molecule has 1 heterocycles. The van der Waals surface area contributed by atoms with E-state index in [1.54, 1.807) is 4.68 Å². The van der Waals surface area contributed by atoms with Gasteiger partial charge in [0, 0.05) is 13.0 Å². The monoisotopic (exact) mass is 234 g/mol. The minimum atomic E-state index is 0.117. The molecule has 0 aromatic carbocycles. The van der Waals surface area contributed by atoms with Crippen molar-refractivity contribution in [3.8, 4) is 0 Å². The Hall–Kier alpha value is -1.39. The molecule has 2 fully saturated rings. The molecule has 1 spiro atoms. The molecule has 2 aliphatic rings. The molecule has 1 N–H and O–H groups in total. The fourth-order valence-electron chi connectivity index (χ4n) is 2.99. The van der Waals surface area contributed by atoms with E-state index >= 15 is 0 Å². The molecular weight excluding hydrogens is 216 g/mol. The minimum Gasteiger partial charge on any atom is -0.307 e. The van der Waals surface area contributed by atoms with Crippen LogP contribution in [0, 0.1) is 18.3 Å². The van der Waals surface area contributed by atoms with Crippen molar-refractivity contribution in [3.63, 3.8) is 0 Å². The summed E-state index contributed by atoms with van der Waals surface area (Å²) in [4.78, 5) is 12.0. The van der Waals surface area contributed by atoms with Crippen LogP contribution in [0.25, 0.3) is 0 Å². The molecule has 1 aromatic heterocycles. The van der Waals surface area contributed by atoms with Crippen LogP contribution in [0.4, 0.5) is 5.82 Å². The summed E-state index contributed by atoms with van der Waals surface area (Å²) in [5, 5.41) is 10.7.